The smallest absolute Gasteiger partial charge is 0.238 e. The van der Waals surface area contributed by atoms with Gasteiger partial charge < -0.3 is 4.74 Å². The Morgan fingerprint density at radius 2 is 2.11 bits per heavy atom. The minimum atomic E-state index is -3.68. The fraction of sp³-hybridized carbons (Fsp3) is 0.429. The molecule has 1 rings (SSSR count). The standard InChI is InChI=1S/C14H21NO3S/c1-4-6-9-18-14-8-7-12(19(15,16)17)10-13(14)11(3)5-2/h4,6-8,10-11H,5,9H2,1-3H3,(H2,15,16,17)/b6-4+. The summed E-state index contributed by atoms with van der Waals surface area (Å²) < 4.78 is 28.4. The van der Waals surface area contributed by atoms with Crippen LogP contribution in [0.4, 0.5) is 0 Å². The number of ether oxygens (including phenoxy) is 1. The first-order valence-electron chi connectivity index (χ1n) is 6.30. The lowest BCUT2D eigenvalue weighted by Gasteiger charge is -2.16. The zero-order chi connectivity index (χ0) is 14.5. The van der Waals surface area contributed by atoms with Crippen molar-refractivity contribution in [2.45, 2.75) is 38.0 Å². The third kappa shape index (κ3) is 4.36. The van der Waals surface area contributed by atoms with Gasteiger partial charge in [-0.2, -0.15) is 0 Å². The van der Waals surface area contributed by atoms with Crippen molar-refractivity contribution in [3.63, 3.8) is 0 Å². The number of primary sulfonamides is 1. The fourth-order valence-electron chi connectivity index (χ4n) is 1.67. The van der Waals surface area contributed by atoms with E-state index in [1.165, 1.54) is 6.07 Å². The summed E-state index contributed by atoms with van der Waals surface area (Å²) >= 11 is 0. The third-order valence-electron chi connectivity index (χ3n) is 3.02. The van der Waals surface area contributed by atoms with Gasteiger partial charge in [0.05, 0.1) is 4.90 Å². The molecule has 0 aliphatic heterocycles. The molecule has 4 nitrogen and oxygen atoms in total. The Bertz CT molecular complexity index is 550. The molecule has 1 unspecified atom stereocenters. The SMILES string of the molecule is C/C=C/COc1ccc(S(N)(=O)=O)cc1C(C)CC. The predicted molar refractivity (Wildman–Crippen MR) is 76.8 cm³/mol. The summed E-state index contributed by atoms with van der Waals surface area (Å²) in [6.45, 7) is 6.46. The number of hydrogen-bond acceptors (Lipinski definition) is 3. The predicted octanol–water partition coefficient (Wildman–Crippen LogP) is 2.80. The van der Waals surface area contributed by atoms with Crippen molar-refractivity contribution in [3.05, 3.63) is 35.9 Å². The molecule has 0 aromatic heterocycles. The van der Waals surface area contributed by atoms with E-state index in [4.69, 9.17) is 9.88 Å². The van der Waals surface area contributed by atoms with Gasteiger partial charge >= 0.3 is 0 Å². The topological polar surface area (TPSA) is 69.4 Å². The van der Waals surface area contributed by atoms with Gasteiger partial charge in [-0.15, -0.1) is 0 Å². The molecule has 1 aromatic rings. The second-order valence-corrected chi connectivity index (χ2v) is 6.00. The molecule has 0 fully saturated rings. The molecule has 0 aliphatic rings. The Balaban J connectivity index is 3.17. The molecule has 106 valence electrons. The van der Waals surface area contributed by atoms with Gasteiger partial charge in [0.25, 0.3) is 0 Å². The Morgan fingerprint density at radius 3 is 2.63 bits per heavy atom. The van der Waals surface area contributed by atoms with Crippen LogP contribution in [0.25, 0.3) is 0 Å². The van der Waals surface area contributed by atoms with E-state index >= 15 is 0 Å². The first kappa shape index (κ1) is 15.7. The summed E-state index contributed by atoms with van der Waals surface area (Å²) in [6, 6.07) is 4.76. The van der Waals surface area contributed by atoms with Gasteiger partial charge in [-0.05, 0) is 43.0 Å². The van der Waals surface area contributed by atoms with Crippen LogP contribution in [0.3, 0.4) is 0 Å². The van der Waals surface area contributed by atoms with Crippen LogP contribution in [0.5, 0.6) is 5.75 Å². The van der Waals surface area contributed by atoms with Gasteiger partial charge in [0.15, 0.2) is 0 Å². The molecule has 5 heteroatoms. The van der Waals surface area contributed by atoms with E-state index in [-0.39, 0.29) is 10.8 Å². The number of benzene rings is 1. The molecule has 0 bridgehead atoms. The van der Waals surface area contributed by atoms with Crippen molar-refractivity contribution in [1.29, 1.82) is 0 Å². The molecule has 1 atom stereocenters. The van der Waals surface area contributed by atoms with Crippen LogP contribution in [0.15, 0.2) is 35.2 Å². The van der Waals surface area contributed by atoms with E-state index in [0.29, 0.717) is 12.4 Å². The summed E-state index contributed by atoms with van der Waals surface area (Å²) in [5.41, 5.74) is 0.874. The molecule has 0 spiro atoms. The van der Waals surface area contributed by atoms with Gasteiger partial charge in [0.1, 0.15) is 12.4 Å². The second kappa shape index (κ2) is 6.73. The molecule has 0 amide bonds. The van der Waals surface area contributed by atoms with E-state index in [1.807, 2.05) is 32.9 Å². The van der Waals surface area contributed by atoms with Crippen molar-refractivity contribution in [3.8, 4) is 5.75 Å². The van der Waals surface area contributed by atoms with Crippen LogP contribution in [0.2, 0.25) is 0 Å². The van der Waals surface area contributed by atoms with E-state index in [0.717, 1.165) is 12.0 Å². The molecular weight excluding hydrogens is 262 g/mol. The number of nitrogens with two attached hydrogens (primary N) is 1. The average molecular weight is 283 g/mol. The molecule has 0 saturated heterocycles. The highest BCUT2D eigenvalue weighted by atomic mass is 32.2. The molecule has 0 saturated carbocycles. The summed E-state index contributed by atoms with van der Waals surface area (Å²) in [4.78, 5) is 0.126. The van der Waals surface area contributed by atoms with Crippen LogP contribution in [0.1, 0.15) is 38.7 Å². The van der Waals surface area contributed by atoms with Crippen LogP contribution in [0, 0.1) is 0 Å². The number of rotatable bonds is 6. The van der Waals surface area contributed by atoms with Crippen molar-refractivity contribution >= 4 is 10.0 Å². The first-order valence-corrected chi connectivity index (χ1v) is 7.85. The van der Waals surface area contributed by atoms with E-state index < -0.39 is 10.0 Å². The highest BCUT2D eigenvalue weighted by molar-refractivity contribution is 7.89. The van der Waals surface area contributed by atoms with Gasteiger partial charge in [0, 0.05) is 0 Å². The molecule has 2 N–H and O–H groups in total. The molecular formula is C14H21NO3S. The largest absolute Gasteiger partial charge is 0.489 e. The minimum absolute atomic E-state index is 0.126. The number of hydrogen-bond donors (Lipinski definition) is 1. The Morgan fingerprint density at radius 1 is 1.42 bits per heavy atom. The van der Waals surface area contributed by atoms with Gasteiger partial charge in [0.2, 0.25) is 10.0 Å². The van der Waals surface area contributed by atoms with Crippen LogP contribution < -0.4 is 9.88 Å². The summed E-state index contributed by atoms with van der Waals surface area (Å²) in [5, 5.41) is 5.16. The highest BCUT2D eigenvalue weighted by Gasteiger charge is 2.15. The lowest BCUT2D eigenvalue weighted by molar-refractivity contribution is 0.355. The Kier molecular flexibility index (Phi) is 5.57. The molecule has 19 heavy (non-hydrogen) atoms. The molecule has 0 radical (unpaired) electrons. The van der Waals surface area contributed by atoms with E-state index in [1.54, 1.807) is 12.1 Å². The van der Waals surface area contributed by atoms with E-state index in [2.05, 4.69) is 0 Å². The van der Waals surface area contributed by atoms with E-state index in [9.17, 15) is 8.42 Å². The van der Waals surface area contributed by atoms with Crippen LogP contribution in [-0.2, 0) is 10.0 Å². The van der Waals surface area contributed by atoms with Crippen LogP contribution >= 0.6 is 0 Å². The maximum absolute atomic E-state index is 11.4. The zero-order valence-electron chi connectivity index (χ0n) is 11.6. The normalized spacial score (nSPS) is 13.7. The Hall–Kier alpha value is -1.33. The van der Waals surface area contributed by atoms with Crippen molar-refractivity contribution in [2.24, 2.45) is 5.14 Å². The monoisotopic (exact) mass is 283 g/mol. The fourth-order valence-corrected chi connectivity index (χ4v) is 2.22. The highest BCUT2D eigenvalue weighted by Crippen LogP contribution is 2.30. The van der Waals surface area contributed by atoms with Crippen molar-refractivity contribution in [1.82, 2.24) is 0 Å². The maximum Gasteiger partial charge on any atom is 0.238 e. The third-order valence-corrected chi connectivity index (χ3v) is 3.93. The van der Waals surface area contributed by atoms with Crippen molar-refractivity contribution < 1.29 is 13.2 Å². The average Bonchev–Trinajstić information content (AvgIpc) is 2.37. The van der Waals surface area contributed by atoms with Crippen LogP contribution in [-0.4, -0.2) is 15.0 Å². The number of allylic oxidation sites excluding steroid dienone is 1. The Labute approximate surface area is 115 Å². The summed E-state index contributed by atoms with van der Waals surface area (Å²) in [6.07, 6.45) is 4.70. The van der Waals surface area contributed by atoms with Gasteiger partial charge in [-0.3, -0.25) is 0 Å². The lowest BCUT2D eigenvalue weighted by Crippen LogP contribution is -2.13. The zero-order valence-corrected chi connectivity index (χ0v) is 12.4. The van der Waals surface area contributed by atoms with Crippen molar-refractivity contribution in [2.75, 3.05) is 6.61 Å². The number of sulfonamides is 1. The summed E-state index contributed by atoms with van der Waals surface area (Å²) in [5.74, 6) is 0.919. The first-order chi connectivity index (χ1) is 8.90. The lowest BCUT2D eigenvalue weighted by atomic mass is 9.98. The maximum atomic E-state index is 11.4. The molecule has 0 aliphatic carbocycles. The summed E-state index contributed by atoms with van der Waals surface area (Å²) in [7, 11) is -3.68. The molecule has 0 heterocycles. The van der Waals surface area contributed by atoms with Gasteiger partial charge in [-0.25, -0.2) is 13.6 Å². The molecule has 1 aromatic carbocycles. The quantitative estimate of drug-likeness (QED) is 0.816. The van der Waals surface area contributed by atoms with Gasteiger partial charge in [-0.1, -0.05) is 26.0 Å². The second-order valence-electron chi connectivity index (χ2n) is 4.43. The minimum Gasteiger partial charge on any atom is -0.489 e.